The third-order valence-electron chi connectivity index (χ3n) is 17.8. The lowest BCUT2D eigenvalue weighted by atomic mass is 9.96. The summed E-state index contributed by atoms with van der Waals surface area (Å²) in [5, 5.41) is 121. The molecule has 3 fully saturated rings. The van der Waals surface area contributed by atoms with Gasteiger partial charge in [0.15, 0.2) is 18.9 Å². The number of hydrogen-bond acceptors (Lipinski definition) is 18. The molecule has 3 heterocycles. The Balaban J connectivity index is 1.41. The first-order valence-corrected chi connectivity index (χ1v) is 36.0. The molecule has 12 N–H and O–H groups in total. The predicted octanol–water partition coefficient (Wildman–Crippen LogP) is 9.94. The van der Waals surface area contributed by atoms with Gasteiger partial charge in [0.1, 0.15) is 73.2 Å². The van der Waals surface area contributed by atoms with Gasteiger partial charge in [-0.3, -0.25) is 4.79 Å². The van der Waals surface area contributed by atoms with Gasteiger partial charge >= 0.3 is 0 Å². The van der Waals surface area contributed by atoms with Gasteiger partial charge in [0.2, 0.25) is 5.91 Å². The van der Waals surface area contributed by atoms with E-state index in [1.807, 2.05) is 6.08 Å². The highest BCUT2D eigenvalue weighted by molar-refractivity contribution is 5.76. The molecule has 0 aliphatic carbocycles. The van der Waals surface area contributed by atoms with Gasteiger partial charge in [0, 0.05) is 6.42 Å². The second-order valence-corrected chi connectivity index (χ2v) is 25.7. The summed E-state index contributed by atoms with van der Waals surface area (Å²) in [5.41, 5.74) is 0. The maximum absolute atomic E-state index is 13.4. The molecular formula is C72H129NO18. The summed E-state index contributed by atoms with van der Waals surface area (Å²) in [7, 11) is 0. The highest BCUT2D eigenvalue weighted by Crippen LogP contribution is 2.33. The maximum Gasteiger partial charge on any atom is 0.220 e. The molecule has 0 radical (unpaired) electrons. The van der Waals surface area contributed by atoms with Crippen LogP contribution in [0.25, 0.3) is 0 Å². The number of carbonyl (C=O) groups is 1. The van der Waals surface area contributed by atoms with Crippen LogP contribution in [-0.2, 0) is 33.2 Å². The van der Waals surface area contributed by atoms with E-state index in [9.17, 15) is 61.0 Å². The number of aliphatic hydroxyl groups is 11. The predicted molar refractivity (Wildman–Crippen MR) is 355 cm³/mol. The summed E-state index contributed by atoms with van der Waals surface area (Å²) in [6.07, 6.45) is 39.1. The Kier molecular flexibility index (Phi) is 48.7. The van der Waals surface area contributed by atoms with Crippen molar-refractivity contribution in [2.24, 2.45) is 0 Å². The topological polar surface area (TPSA) is 307 Å². The summed E-state index contributed by atoms with van der Waals surface area (Å²) in [6.45, 7) is 1.71. The molecule has 3 rings (SSSR count). The van der Waals surface area contributed by atoms with E-state index in [1.54, 1.807) is 6.08 Å². The van der Waals surface area contributed by atoms with E-state index in [2.05, 4.69) is 67.8 Å². The summed E-state index contributed by atoms with van der Waals surface area (Å²) >= 11 is 0. The molecule has 0 aromatic rings. The third kappa shape index (κ3) is 35.4. The number of allylic oxidation sites excluding steroid dienone is 9. The number of aliphatic hydroxyl groups excluding tert-OH is 11. The standard InChI is InChI=1S/C72H129NO18/c1-3-5-7-9-11-13-15-17-19-21-22-23-24-25-26-27-28-29-30-31-32-34-36-38-40-42-44-46-48-50-60(78)73-55(56(77)49-47-45-43-41-39-37-35-33-20-18-16-14-12-10-8-6-4-2)54-86-70-66(84)63(81)68(58(52-75)88-70)91-72-67(85)64(82)69(59(53-76)89-72)90-71-65(83)62(80)61(79)57(51-74)87-71/h15,17,21-22,24-25,39,41,47,49,55-59,61-72,74-77,79-85H,3-14,16,18-20,23,26-38,40,42-46,48,50-54H2,1-2H3,(H,73,78)/b17-15-,22-21-,25-24-,41-39+,49-47+. The van der Waals surface area contributed by atoms with E-state index in [0.717, 1.165) is 51.4 Å². The summed E-state index contributed by atoms with van der Waals surface area (Å²) < 4.78 is 34.3. The van der Waals surface area contributed by atoms with Crippen LogP contribution >= 0.6 is 0 Å². The van der Waals surface area contributed by atoms with Crippen molar-refractivity contribution in [1.82, 2.24) is 5.32 Å². The summed E-state index contributed by atoms with van der Waals surface area (Å²) in [4.78, 5) is 13.4. The first-order chi connectivity index (χ1) is 44.3. The monoisotopic (exact) mass is 1300 g/mol. The molecule has 3 aliphatic rings. The first-order valence-electron chi connectivity index (χ1n) is 36.0. The Morgan fingerprint density at radius 1 is 0.396 bits per heavy atom. The Morgan fingerprint density at radius 2 is 0.736 bits per heavy atom. The highest BCUT2D eigenvalue weighted by atomic mass is 16.8. The Hall–Kier alpha value is -2.51. The van der Waals surface area contributed by atoms with E-state index in [4.69, 9.17) is 28.4 Å². The number of carbonyl (C=O) groups excluding carboxylic acids is 1. The van der Waals surface area contributed by atoms with Crippen molar-refractivity contribution in [3.63, 3.8) is 0 Å². The number of hydrogen-bond donors (Lipinski definition) is 12. The first kappa shape index (κ1) is 82.7. The Bertz CT molecular complexity index is 1890. The van der Waals surface area contributed by atoms with Crippen LogP contribution in [0.4, 0.5) is 0 Å². The van der Waals surface area contributed by atoms with Gasteiger partial charge in [-0.25, -0.2) is 0 Å². The average Bonchev–Trinajstić information content (AvgIpc) is 0.884. The van der Waals surface area contributed by atoms with Crippen molar-refractivity contribution in [2.75, 3.05) is 26.4 Å². The van der Waals surface area contributed by atoms with Crippen molar-refractivity contribution in [3.8, 4) is 0 Å². The smallest absolute Gasteiger partial charge is 0.220 e. The van der Waals surface area contributed by atoms with E-state index in [1.165, 1.54) is 173 Å². The van der Waals surface area contributed by atoms with Crippen LogP contribution in [0.15, 0.2) is 60.8 Å². The Morgan fingerprint density at radius 3 is 1.18 bits per heavy atom. The van der Waals surface area contributed by atoms with Crippen molar-refractivity contribution in [2.45, 2.75) is 362 Å². The van der Waals surface area contributed by atoms with Crippen molar-refractivity contribution in [3.05, 3.63) is 60.8 Å². The van der Waals surface area contributed by atoms with Gasteiger partial charge in [0.05, 0.1) is 38.6 Å². The van der Waals surface area contributed by atoms with Gasteiger partial charge in [-0.1, -0.05) is 242 Å². The number of nitrogens with one attached hydrogen (secondary N) is 1. The molecule has 0 saturated carbocycles. The molecule has 0 bridgehead atoms. The molecule has 17 atom stereocenters. The fourth-order valence-corrected chi connectivity index (χ4v) is 11.9. The molecular weight excluding hydrogens is 1170 g/mol. The minimum atomic E-state index is -1.98. The Labute approximate surface area is 547 Å². The highest BCUT2D eigenvalue weighted by Gasteiger charge is 2.53. The SMILES string of the molecule is CCCCCCC/C=C\C/C=C\C/C=C\CCCCCCCCCCCCCCCCC(=O)NC(COC1OC(CO)C(OC2OC(CO)C(OC3OC(CO)C(O)C(O)C3O)C(O)C2O)C(O)C1O)C(O)/C=C/CC/C=C/CCCCCCCCCCCCC. The number of ether oxygens (including phenoxy) is 6. The van der Waals surface area contributed by atoms with Crippen LogP contribution in [0.2, 0.25) is 0 Å². The average molecular weight is 1300 g/mol. The van der Waals surface area contributed by atoms with Crippen LogP contribution in [0.5, 0.6) is 0 Å². The third-order valence-corrected chi connectivity index (χ3v) is 17.8. The molecule has 17 unspecified atom stereocenters. The second kappa shape index (κ2) is 53.6. The quantitative estimate of drug-likeness (QED) is 0.0199. The van der Waals surface area contributed by atoms with Crippen LogP contribution < -0.4 is 5.32 Å². The molecule has 3 saturated heterocycles. The van der Waals surface area contributed by atoms with Crippen LogP contribution in [0.3, 0.4) is 0 Å². The van der Waals surface area contributed by atoms with E-state index in [-0.39, 0.29) is 18.9 Å². The van der Waals surface area contributed by atoms with Gasteiger partial charge in [-0.15, -0.1) is 0 Å². The molecule has 0 aromatic heterocycles. The summed E-state index contributed by atoms with van der Waals surface area (Å²) in [5.74, 6) is -0.286. The minimum absolute atomic E-state index is 0.233. The molecule has 0 spiro atoms. The molecule has 1 amide bonds. The van der Waals surface area contributed by atoms with Crippen molar-refractivity contribution in [1.29, 1.82) is 0 Å². The van der Waals surface area contributed by atoms with Crippen molar-refractivity contribution >= 4 is 5.91 Å². The number of rotatable bonds is 55. The largest absolute Gasteiger partial charge is 0.394 e. The lowest BCUT2D eigenvalue weighted by Gasteiger charge is -2.48. The molecule has 19 nitrogen and oxygen atoms in total. The molecule has 19 heteroatoms. The zero-order valence-electron chi connectivity index (χ0n) is 56.1. The number of unbranched alkanes of at least 4 members (excludes halogenated alkanes) is 31. The van der Waals surface area contributed by atoms with Crippen molar-refractivity contribution < 1.29 is 89.4 Å². The van der Waals surface area contributed by atoms with Crippen LogP contribution in [-0.4, -0.2) is 193 Å². The lowest BCUT2D eigenvalue weighted by Crippen LogP contribution is -2.66. The molecule has 3 aliphatic heterocycles. The van der Waals surface area contributed by atoms with Crippen LogP contribution in [0.1, 0.15) is 258 Å². The molecule has 91 heavy (non-hydrogen) atoms. The normalized spacial score (nSPS) is 28.2. The molecule has 530 valence electrons. The van der Waals surface area contributed by atoms with E-state index >= 15 is 0 Å². The van der Waals surface area contributed by atoms with E-state index in [0.29, 0.717) is 12.8 Å². The van der Waals surface area contributed by atoms with E-state index < -0.39 is 124 Å². The number of amides is 1. The fraction of sp³-hybridized carbons (Fsp3) is 0.847. The van der Waals surface area contributed by atoms with Crippen LogP contribution in [0, 0.1) is 0 Å². The second-order valence-electron chi connectivity index (χ2n) is 25.7. The fourth-order valence-electron chi connectivity index (χ4n) is 11.9. The van der Waals surface area contributed by atoms with Gasteiger partial charge in [-0.05, 0) is 70.6 Å². The van der Waals surface area contributed by atoms with Gasteiger partial charge in [-0.2, -0.15) is 0 Å². The lowest BCUT2D eigenvalue weighted by molar-refractivity contribution is -0.379. The minimum Gasteiger partial charge on any atom is -0.394 e. The van der Waals surface area contributed by atoms with Gasteiger partial charge in [0.25, 0.3) is 0 Å². The van der Waals surface area contributed by atoms with Gasteiger partial charge < -0.3 is 89.9 Å². The zero-order chi connectivity index (χ0) is 66.1. The maximum atomic E-state index is 13.4. The summed E-state index contributed by atoms with van der Waals surface area (Å²) in [6, 6.07) is -0.992. The zero-order valence-corrected chi connectivity index (χ0v) is 56.1. The molecule has 0 aromatic carbocycles.